The second-order valence-electron chi connectivity index (χ2n) is 1.67. The Balaban J connectivity index is 0.000000490. The van der Waals surface area contributed by atoms with E-state index in [1.807, 2.05) is 0 Å². The maximum atomic E-state index is 8.74. The van der Waals surface area contributed by atoms with E-state index in [1.165, 1.54) is 0 Å². The number of halogens is 1. The molecule has 0 aromatic carbocycles. The average molecular weight is 139 g/mol. The van der Waals surface area contributed by atoms with Crippen LogP contribution in [-0.4, -0.2) is 31.0 Å². The van der Waals surface area contributed by atoms with Crippen LogP contribution in [0.3, 0.4) is 0 Å². The molecule has 0 radical (unpaired) electrons. The van der Waals surface area contributed by atoms with E-state index in [4.69, 9.17) is 5.11 Å². The van der Waals surface area contributed by atoms with Gasteiger partial charge in [-0.3, -0.25) is 5.32 Å². The fourth-order valence-electron chi connectivity index (χ4n) is 0.638. The van der Waals surface area contributed by atoms with Crippen LogP contribution >= 0.6 is 12.4 Å². The molecule has 0 amide bonds. The highest BCUT2D eigenvalue weighted by molar-refractivity contribution is 5.85. The number of hydrogen-bond donors (Lipinski definition) is 3. The van der Waals surface area contributed by atoms with Crippen molar-refractivity contribution < 1.29 is 5.11 Å². The Labute approximate surface area is 54.9 Å². The van der Waals surface area contributed by atoms with Gasteiger partial charge >= 0.3 is 0 Å². The topological polar surface area (TPSA) is 44.3 Å². The van der Waals surface area contributed by atoms with Gasteiger partial charge in [0, 0.05) is 19.6 Å². The van der Waals surface area contributed by atoms with Gasteiger partial charge in [0.15, 0.2) is 0 Å². The predicted octanol–water partition coefficient (Wildman–Crippen LogP) is -1.08. The van der Waals surface area contributed by atoms with E-state index in [0.717, 1.165) is 13.1 Å². The van der Waals surface area contributed by atoms with Crippen molar-refractivity contribution in [2.24, 2.45) is 0 Å². The summed E-state index contributed by atoms with van der Waals surface area (Å²) in [5, 5.41) is 14.6. The Bertz CT molecular complexity index is 56.0. The van der Waals surface area contributed by atoms with Crippen LogP contribution in [0.4, 0.5) is 0 Å². The first-order valence-corrected chi connectivity index (χ1v) is 2.52. The minimum absolute atomic E-state index is 0. The molecule has 0 bridgehead atoms. The fourth-order valence-corrected chi connectivity index (χ4v) is 0.638. The molecule has 4 heteroatoms. The van der Waals surface area contributed by atoms with Crippen molar-refractivity contribution in [2.45, 2.75) is 6.23 Å². The van der Waals surface area contributed by atoms with Crippen LogP contribution in [0.1, 0.15) is 0 Å². The summed E-state index contributed by atoms with van der Waals surface area (Å²) >= 11 is 0. The third kappa shape index (κ3) is 2.47. The number of rotatable bonds is 0. The standard InChI is InChI=1S/C4H10N2O.ClH/c7-4-3-5-1-2-6-4;/h4-7H,1-3H2;1H. The van der Waals surface area contributed by atoms with Crippen molar-refractivity contribution in [3.8, 4) is 0 Å². The van der Waals surface area contributed by atoms with Crippen molar-refractivity contribution in [2.75, 3.05) is 19.6 Å². The summed E-state index contributed by atoms with van der Waals surface area (Å²) in [6.45, 7) is 2.53. The lowest BCUT2D eigenvalue weighted by molar-refractivity contribution is 0.120. The Morgan fingerprint density at radius 2 is 2.12 bits per heavy atom. The van der Waals surface area contributed by atoms with Crippen molar-refractivity contribution in [3.63, 3.8) is 0 Å². The Morgan fingerprint density at radius 1 is 1.38 bits per heavy atom. The molecule has 0 aliphatic carbocycles. The summed E-state index contributed by atoms with van der Waals surface area (Å²) in [7, 11) is 0. The summed E-state index contributed by atoms with van der Waals surface area (Å²) in [6, 6.07) is 0. The quantitative estimate of drug-likeness (QED) is 0.399. The van der Waals surface area contributed by atoms with Crippen LogP contribution in [0.2, 0.25) is 0 Å². The molecule has 8 heavy (non-hydrogen) atoms. The summed E-state index contributed by atoms with van der Waals surface area (Å²) in [6.07, 6.45) is -0.325. The predicted molar refractivity (Wildman–Crippen MR) is 34.1 cm³/mol. The van der Waals surface area contributed by atoms with E-state index in [-0.39, 0.29) is 18.6 Å². The van der Waals surface area contributed by atoms with Crippen LogP contribution in [0, 0.1) is 0 Å². The Hall–Kier alpha value is 0.170. The molecule has 1 atom stereocenters. The molecule has 1 saturated heterocycles. The molecule has 1 unspecified atom stereocenters. The molecule has 3 N–H and O–H groups in total. The van der Waals surface area contributed by atoms with Gasteiger partial charge in [-0.2, -0.15) is 0 Å². The minimum atomic E-state index is -0.325. The van der Waals surface area contributed by atoms with Crippen LogP contribution in [-0.2, 0) is 0 Å². The Kier molecular flexibility index (Phi) is 4.18. The van der Waals surface area contributed by atoms with Crippen LogP contribution in [0.15, 0.2) is 0 Å². The summed E-state index contributed by atoms with van der Waals surface area (Å²) in [5.41, 5.74) is 0. The van der Waals surface area contributed by atoms with Gasteiger partial charge in [-0.1, -0.05) is 0 Å². The average Bonchev–Trinajstić information content (AvgIpc) is 1.69. The van der Waals surface area contributed by atoms with Crippen LogP contribution < -0.4 is 10.6 Å². The van der Waals surface area contributed by atoms with Gasteiger partial charge in [0.2, 0.25) is 0 Å². The lowest BCUT2D eigenvalue weighted by Gasteiger charge is -2.18. The first kappa shape index (κ1) is 8.17. The summed E-state index contributed by atoms with van der Waals surface area (Å²) in [4.78, 5) is 0. The smallest absolute Gasteiger partial charge is 0.117 e. The van der Waals surface area contributed by atoms with Crippen molar-refractivity contribution >= 4 is 12.4 Å². The fraction of sp³-hybridized carbons (Fsp3) is 1.00. The normalized spacial score (nSPS) is 28.9. The molecule has 1 aliphatic heterocycles. The molecule has 0 aromatic rings. The minimum Gasteiger partial charge on any atom is -0.377 e. The van der Waals surface area contributed by atoms with Gasteiger partial charge in [-0.05, 0) is 0 Å². The molecule has 1 fully saturated rings. The van der Waals surface area contributed by atoms with E-state index in [0.29, 0.717) is 6.54 Å². The van der Waals surface area contributed by atoms with Crippen molar-refractivity contribution in [1.82, 2.24) is 10.6 Å². The van der Waals surface area contributed by atoms with E-state index in [9.17, 15) is 0 Å². The molecule has 0 aromatic heterocycles. The Morgan fingerprint density at radius 3 is 2.38 bits per heavy atom. The number of piperazine rings is 1. The van der Waals surface area contributed by atoms with Gasteiger partial charge in [0.1, 0.15) is 6.23 Å². The molecule has 50 valence electrons. The van der Waals surface area contributed by atoms with E-state index in [2.05, 4.69) is 10.6 Å². The molecule has 1 heterocycles. The zero-order valence-corrected chi connectivity index (χ0v) is 5.37. The van der Waals surface area contributed by atoms with Gasteiger partial charge in [-0.25, -0.2) is 0 Å². The van der Waals surface area contributed by atoms with Crippen LogP contribution in [0.25, 0.3) is 0 Å². The highest BCUT2D eigenvalue weighted by atomic mass is 35.5. The summed E-state index contributed by atoms with van der Waals surface area (Å²) < 4.78 is 0. The van der Waals surface area contributed by atoms with Gasteiger partial charge < -0.3 is 10.4 Å². The molecule has 0 saturated carbocycles. The SMILES string of the molecule is Cl.OC1CNCCN1. The number of aliphatic hydroxyl groups is 1. The monoisotopic (exact) mass is 138 g/mol. The zero-order valence-electron chi connectivity index (χ0n) is 4.55. The number of nitrogens with one attached hydrogen (secondary N) is 2. The van der Waals surface area contributed by atoms with E-state index in [1.54, 1.807) is 0 Å². The first-order chi connectivity index (χ1) is 3.39. The maximum Gasteiger partial charge on any atom is 0.117 e. The highest BCUT2D eigenvalue weighted by Crippen LogP contribution is 1.77. The summed E-state index contributed by atoms with van der Waals surface area (Å²) in [5.74, 6) is 0. The van der Waals surface area contributed by atoms with E-state index >= 15 is 0 Å². The number of hydrogen-bond acceptors (Lipinski definition) is 3. The van der Waals surface area contributed by atoms with Crippen LogP contribution in [0.5, 0.6) is 0 Å². The second kappa shape index (κ2) is 4.09. The lowest BCUT2D eigenvalue weighted by Crippen LogP contribution is -2.47. The van der Waals surface area contributed by atoms with Gasteiger partial charge in [0.25, 0.3) is 0 Å². The lowest BCUT2D eigenvalue weighted by atomic mass is 10.4. The number of aliphatic hydroxyl groups excluding tert-OH is 1. The molecule has 3 nitrogen and oxygen atoms in total. The number of β-amino-alcohol motifs (C(OH)–C–C–N with tert-alkyl or cyclic N) is 1. The second-order valence-corrected chi connectivity index (χ2v) is 1.67. The third-order valence-electron chi connectivity index (χ3n) is 1.02. The molecular weight excluding hydrogens is 128 g/mol. The largest absolute Gasteiger partial charge is 0.377 e. The van der Waals surface area contributed by atoms with Crippen molar-refractivity contribution in [1.29, 1.82) is 0 Å². The molecule has 1 rings (SSSR count). The first-order valence-electron chi connectivity index (χ1n) is 2.52. The molecular formula is C4H11ClN2O. The zero-order chi connectivity index (χ0) is 5.11. The molecule has 0 spiro atoms. The highest BCUT2D eigenvalue weighted by Gasteiger charge is 2.04. The molecule has 1 aliphatic rings. The van der Waals surface area contributed by atoms with Gasteiger partial charge in [-0.15, -0.1) is 12.4 Å². The maximum absolute atomic E-state index is 8.74. The van der Waals surface area contributed by atoms with Gasteiger partial charge in [0.05, 0.1) is 0 Å². The third-order valence-corrected chi connectivity index (χ3v) is 1.02. The van der Waals surface area contributed by atoms with E-state index < -0.39 is 0 Å². The van der Waals surface area contributed by atoms with Crippen molar-refractivity contribution in [3.05, 3.63) is 0 Å².